The Hall–Kier alpha value is -1.53. The van der Waals surface area contributed by atoms with E-state index in [-0.39, 0.29) is 12.0 Å². The predicted molar refractivity (Wildman–Crippen MR) is 86.6 cm³/mol. The van der Waals surface area contributed by atoms with E-state index in [1.54, 1.807) is 0 Å². The van der Waals surface area contributed by atoms with Crippen molar-refractivity contribution in [3.05, 3.63) is 24.0 Å². The maximum Gasteiger partial charge on any atom is 0.337 e. The maximum atomic E-state index is 12.0. The molecule has 1 saturated heterocycles. The van der Waals surface area contributed by atoms with Crippen LogP contribution in [-0.4, -0.2) is 88.3 Å². The molecular weight excluding hydrogens is 364 g/mol. The Morgan fingerprint density at radius 2 is 1.93 bits per heavy atom. The van der Waals surface area contributed by atoms with E-state index in [4.69, 9.17) is 18.9 Å². The lowest BCUT2D eigenvalue weighted by Crippen LogP contribution is -2.60. The van der Waals surface area contributed by atoms with Crippen molar-refractivity contribution in [3.63, 3.8) is 0 Å². The number of rotatable bonds is 4. The molecule has 1 saturated carbocycles. The lowest BCUT2D eigenvalue weighted by molar-refractivity contribution is -0.339. The summed E-state index contributed by atoms with van der Waals surface area (Å²) < 4.78 is 21.2. The van der Waals surface area contributed by atoms with Gasteiger partial charge in [-0.2, -0.15) is 0 Å². The van der Waals surface area contributed by atoms with Crippen molar-refractivity contribution >= 4 is 5.97 Å². The zero-order valence-corrected chi connectivity index (χ0v) is 14.7. The molecule has 0 aromatic heterocycles. The summed E-state index contributed by atoms with van der Waals surface area (Å²) in [6, 6.07) is 0. The van der Waals surface area contributed by atoms with Gasteiger partial charge in [0, 0.05) is 5.92 Å². The molecule has 0 amide bonds. The van der Waals surface area contributed by atoms with Crippen molar-refractivity contribution in [2.45, 2.75) is 49.5 Å². The molecular formula is C17H24O10. The first-order chi connectivity index (χ1) is 12.8. The van der Waals surface area contributed by atoms with Gasteiger partial charge in [0.2, 0.25) is 6.29 Å². The topological polar surface area (TPSA) is 155 Å². The van der Waals surface area contributed by atoms with Gasteiger partial charge in [0.05, 0.1) is 37.6 Å². The third-order valence-corrected chi connectivity index (χ3v) is 5.33. The lowest BCUT2D eigenvalue weighted by Gasteiger charge is -2.42. The Kier molecular flexibility index (Phi) is 5.87. The molecule has 0 aromatic carbocycles. The Balaban J connectivity index is 1.81. The van der Waals surface area contributed by atoms with E-state index in [0.29, 0.717) is 5.57 Å². The number of methoxy groups -OCH3 is 1. The van der Waals surface area contributed by atoms with Gasteiger partial charge in [-0.15, -0.1) is 0 Å². The van der Waals surface area contributed by atoms with Crippen LogP contribution in [0.2, 0.25) is 0 Å². The average molecular weight is 388 g/mol. The molecule has 3 aliphatic rings. The number of hydrogen-bond acceptors (Lipinski definition) is 10. The second-order valence-corrected chi connectivity index (χ2v) is 6.86. The van der Waals surface area contributed by atoms with E-state index >= 15 is 0 Å². The minimum Gasteiger partial charge on any atom is -0.471 e. The average Bonchev–Trinajstić information content (AvgIpc) is 2.96. The predicted octanol–water partition coefficient (Wildman–Crippen LogP) is -2.23. The molecule has 2 aliphatic heterocycles. The summed E-state index contributed by atoms with van der Waals surface area (Å²) in [6.45, 7) is 3.24. The summed E-state index contributed by atoms with van der Waals surface area (Å²) in [4.78, 5) is 12.0. The van der Waals surface area contributed by atoms with E-state index in [2.05, 4.69) is 6.58 Å². The lowest BCUT2D eigenvalue weighted by atomic mass is 9.85. The van der Waals surface area contributed by atoms with Crippen molar-refractivity contribution in [3.8, 4) is 0 Å². The quantitative estimate of drug-likeness (QED) is 0.264. The van der Waals surface area contributed by atoms with Crippen molar-refractivity contribution in [1.82, 2.24) is 0 Å². The van der Waals surface area contributed by atoms with Crippen LogP contribution in [0, 0.1) is 11.8 Å². The van der Waals surface area contributed by atoms with Crippen LogP contribution >= 0.6 is 0 Å². The number of carbonyl (C=O) groups excluding carboxylic acids is 1. The highest BCUT2D eigenvalue weighted by molar-refractivity contribution is 5.89. The number of aliphatic hydroxyl groups is 5. The molecule has 27 heavy (non-hydrogen) atoms. The van der Waals surface area contributed by atoms with E-state index in [0.717, 1.165) is 0 Å². The third kappa shape index (κ3) is 3.49. The summed E-state index contributed by atoms with van der Waals surface area (Å²) in [5, 5.41) is 49.3. The van der Waals surface area contributed by atoms with Gasteiger partial charge in [-0.3, -0.25) is 0 Å². The summed E-state index contributed by atoms with van der Waals surface area (Å²) in [7, 11) is 1.23. The number of hydrogen-bond donors (Lipinski definition) is 5. The molecule has 0 unspecified atom stereocenters. The van der Waals surface area contributed by atoms with Gasteiger partial charge >= 0.3 is 5.97 Å². The molecule has 0 bridgehead atoms. The molecule has 2 fully saturated rings. The molecule has 2 heterocycles. The number of esters is 1. The van der Waals surface area contributed by atoms with E-state index in [9.17, 15) is 30.3 Å². The first kappa shape index (κ1) is 20.2. The van der Waals surface area contributed by atoms with Crippen LogP contribution in [0.1, 0.15) is 6.42 Å². The zero-order valence-electron chi connectivity index (χ0n) is 14.7. The fraction of sp³-hybridized carbons (Fsp3) is 0.706. The highest BCUT2D eigenvalue weighted by atomic mass is 16.8. The van der Waals surface area contributed by atoms with Gasteiger partial charge in [0.15, 0.2) is 6.29 Å². The fourth-order valence-corrected chi connectivity index (χ4v) is 3.76. The maximum absolute atomic E-state index is 12.0. The molecule has 10 nitrogen and oxygen atoms in total. The first-order valence-electron chi connectivity index (χ1n) is 8.56. The van der Waals surface area contributed by atoms with Crippen molar-refractivity contribution in [2.75, 3.05) is 13.7 Å². The Morgan fingerprint density at radius 3 is 2.56 bits per heavy atom. The summed E-state index contributed by atoms with van der Waals surface area (Å²) in [5.41, 5.74) is 0.623. The molecule has 1 aliphatic carbocycles. The second-order valence-electron chi connectivity index (χ2n) is 6.86. The van der Waals surface area contributed by atoms with Crippen molar-refractivity contribution in [1.29, 1.82) is 0 Å². The standard InChI is InChI=1S/C17H24O10/c1-6-9(19)3-7-8(15(23)24-2)5-25-16(11(6)7)27-17-14(22)13(21)12(20)10(4-18)26-17/h5,7,9-14,16-22H,1,3-4H2,2H3/t7-,9+,10-,11+,12-,13+,14-,16+,17+/m1/s1. The van der Waals surface area contributed by atoms with Crippen LogP contribution < -0.4 is 0 Å². The largest absolute Gasteiger partial charge is 0.471 e. The molecule has 152 valence electrons. The van der Waals surface area contributed by atoms with Crippen LogP contribution in [0.25, 0.3) is 0 Å². The van der Waals surface area contributed by atoms with Crippen LogP contribution in [-0.2, 0) is 23.7 Å². The number of carbonyl (C=O) groups is 1. The summed E-state index contributed by atoms with van der Waals surface area (Å²) in [6.07, 6.45) is -7.82. The highest BCUT2D eigenvalue weighted by Gasteiger charge is 2.52. The molecule has 9 atom stereocenters. The molecule has 0 aromatic rings. The van der Waals surface area contributed by atoms with Gasteiger partial charge < -0.3 is 44.5 Å². The second kappa shape index (κ2) is 7.84. The Labute approximate surface area is 155 Å². The molecule has 10 heteroatoms. The van der Waals surface area contributed by atoms with E-state index < -0.39 is 67.5 Å². The number of aliphatic hydroxyl groups excluding tert-OH is 5. The van der Waals surface area contributed by atoms with Crippen LogP contribution in [0.15, 0.2) is 24.0 Å². The minimum absolute atomic E-state index is 0.225. The molecule has 0 radical (unpaired) electrons. The number of ether oxygens (including phenoxy) is 4. The summed E-state index contributed by atoms with van der Waals surface area (Å²) >= 11 is 0. The Morgan fingerprint density at radius 1 is 1.22 bits per heavy atom. The van der Waals surface area contributed by atoms with Gasteiger partial charge in [-0.1, -0.05) is 6.58 Å². The van der Waals surface area contributed by atoms with Crippen molar-refractivity contribution < 1.29 is 49.3 Å². The van der Waals surface area contributed by atoms with Crippen LogP contribution in [0.5, 0.6) is 0 Å². The van der Waals surface area contributed by atoms with Crippen LogP contribution in [0.4, 0.5) is 0 Å². The smallest absolute Gasteiger partial charge is 0.337 e. The van der Waals surface area contributed by atoms with Gasteiger partial charge in [0.1, 0.15) is 24.4 Å². The van der Waals surface area contributed by atoms with E-state index in [1.165, 1.54) is 13.4 Å². The molecule has 0 spiro atoms. The van der Waals surface area contributed by atoms with Gasteiger partial charge in [-0.25, -0.2) is 4.79 Å². The SMILES string of the molecule is C=C1[C@@H]2[C@H](O[C@@H]3O[C@H](CO)[C@@H](O)[C@H](O)[C@H]3O)OC=C(C(=O)OC)[C@H]2C[C@@H]1O. The van der Waals surface area contributed by atoms with Crippen molar-refractivity contribution in [2.24, 2.45) is 11.8 Å². The molecule has 3 rings (SSSR count). The molecule has 5 N–H and O–H groups in total. The zero-order chi connectivity index (χ0) is 19.9. The minimum atomic E-state index is -1.60. The van der Waals surface area contributed by atoms with Crippen LogP contribution in [0.3, 0.4) is 0 Å². The number of fused-ring (bicyclic) bond motifs is 1. The van der Waals surface area contributed by atoms with Gasteiger partial charge in [0.25, 0.3) is 0 Å². The monoisotopic (exact) mass is 388 g/mol. The van der Waals surface area contributed by atoms with Gasteiger partial charge in [-0.05, 0) is 12.0 Å². The highest BCUT2D eigenvalue weighted by Crippen LogP contribution is 2.46. The third-order valence-electron chi connectivity index (χ3n) is 5.33. The Bertz CT molecular complexity index is 617. The normalized spacial score (nSPS) is 44.3. The fourth-order valence-electron chi connectivity index (χ4n) is 3.76. The first-order valence-corrected chi connectivity index (χ1v) is 8.56. The van der Waals surface area contributed by atoms with E-state index in [1.807, 2.05) is 0 Å². The summed E-state index contributed by atoms with van der Waals surface area (Å²) in [5.74, 6) is -1.69.